The van der Waals surface area contributed by atoms with Crippen molar-refractivity contribution in [2.75, 3.05) is 11.5 Å². The van der Waals surface area contributed by atoms with Crippen LogP contribution in [0.3, 0.4) is 0 Å². The van der Waals surface area contributed by atoms with E-state index in [1.807, 2.05) is 0 Å². The molecule has 4 rings (SSSR count). The summed E-state index contributed by atoms with van der Waals surface area (Å²) in [6.45, 7) is -0.0242. The Morgan fingerprint density at radius 1 is 1.28 bits per heavy atom. The quantitative estimate of drug-likeness (QED) is 0.640. The number of halogens is 1. The lowest BCUT2D eigenvalue weighted by Gasteiger charge is -2.10. The van der Waals surface area contributed by atoms with Gasteiger partial charge in [0.05, 0.1) is 23.7 Å². The molecule has 1 amide bonds. The molecule has 1 saturated heterocycles. The number of fused-ring (bicyclic) bond motifs is 1. The van der Waals surface area contributed by atoms with Gasteiger partial charge < -0.3 is 5.32 Å². The van der Waals surface area contributed by atoms with Gasteiger partial charge in [0.25, 0.3) is 5.56 Å². The number of amides is 1. The maximum atomic E-state index is 12.9. The fourth-order valence-corrected chi connectivity index (χ4v) is 5.02. The van der Waals surface area contributed by atoms with E-state index in [1.165, 1.54) is 33.9 Å². The summed E-state index contributed by atoms with van der Waals surface area (Å²) in [6.07, 6.45) is 3.03. The molecule has 152 valence electrons. The van der Waals surface area contributed by atoms with Gasteiger partial charge in [-0.05, 0) is 24.1 Å². The normalized spacial score (nSPS) is 18.2. The summed E-state index contributed by atoms with van der Waals surface area (Å²) in [5, 5.41) is 7.04. The fraction of sp³-hybridized carbons (Fsp3) is 0.333. The van der Waals surface area contributed by atoms with Crippen molar-refractivity contribution in [3.63, 3.8) is 0 Å². The number of rotatable bonds is 5. The van der Waals surface area contributed by atoms with E-state index < -0.39 is 21.3 Å². The van der Waals surface area contributed by atoms with E-state index >= 15 is 0 Å². The Hall–Kier alpha value is -3.08. The van der Waals surface area contributed by atoms with Gasteiger partial charge in [-0.15, -0.1) is 0 Å². The van der Waals surface area contributed by atoms with Gasteiger partial charge in [0.15, 0.2) is 15.5 Å². The van der Waals surface area contributed by atoms with Crippen LogP contribution in [0.5, 0.6) is 0 Å². The number of nitrogens with one attached hydrogen (secondary N) is 1. The van der Waals surface area contributed by atoms with E-state index in [9.17, 15) is 22.4 Å². The van der Waals surface area contributed by atoms with Crippen molar-refractivity contribution >= 4 is 26.8 Å². The molecule has 3 aromatic rings. The SMILES string of the molecule is O=C(Cn1cnc2c(cnn2[C@H]2CCS(=O)(=O)C2)c1=O)NCc1ccc(F)cc1. The molecule has 1 fully saturated rings. The molecular weight excluding hydrogens is 401 g/mol. The molecule has 9 nitrogen and oxygen atoms in total. The monoisotopic (exact) mass is 419 g/mol. The van der Waals surface area contributed by atoms with Gasteiger partial charge in [0.2, 0.25) is 5.91 Å². The molecule has 1 aliphatic rings. The van der Waals surface area contributed by atoms with Gasteiger partial charge in [0, 0.05) is 6.54 Å². The van der Waals surface area contributed by atoms with Crippen molar-refractivity contribution in [3.05, 3.63) is 58.5 Å². The molecule has 1 aromatic carbocycles. The standard InChI is InChI=1S/C18H18FN5O4S/c19-13-3-1-12(2-4-13)7-20-16(25)9-23-11-21-17-15(18(23)26)8-22-24(17)14-5-6-29(27,28)10-14/h1-4,8,11,14H,5-7,9-10H2,(H,20,25)/t14-/m0/s1. The Morgan fingerprint density at radius 2 is 2.03 bits per heavy atom. The topological polar surface area (TPSA) is 116 Å². The van der Waals surface area contributed by atoms with E-state index in [0.29, 0.717) is 12.1 Å². The molecule has 0 aliphatic carbocycles. The molecule has 1 atom stereocenters. The van der Waals surface area contributed by atoms with Crippen LogP contribution in [0, 0.1) is 5.82 Å². The van der Waals surface area contributed by atoms with Crippen LogP contribution in [0.1, 0.15) is 18.0 Å². The van der Waals surface area contributed by atoms with Gasteiger partial charge in [-0.2, -0.15) is 5.10 Å². The van der Waals surface area contributed by atoms with Gasteiger partial charge in [-0.3, -0.25) is 14.2 Å². The summed E-state index contributed by atoms with van der Waals surface area (Å²) < 4.78 is 39.0. The fourth-order valence-electron chi connectivity index (χ4n) is 3.33. The summed E-state index contributed by atoms with van der Waals surface area (Å²) in [6, 6.07) is 5.38. The second-order valence-corrected chi connectivity index (χ2v) is 9.19. The first-order chi connectivity index (χ1) is 13.8. The predicted octanol–water partition coefficient (Wildman–Crippen LogP) is 0.408. The number of benzene rings is 1. The van der Waals surface area contributed by atoms with Crippen LogP contribution in [-0.2, 0) is 27.7 Å². The zero-order valence-electron chi connectivity index (χ0n) is 15.3. The van der Waals surface area contributed by atoms with E-state index in [4.69, 9.17) is 0 Å². The van der Waals surface area contributed by atoms with Crippen LogP contribution in [0.4, 0.5) is 4.39 Å². The molecule has 0 saturated carbocycles. The molecule has 3 heterocycles. The number of hydrogen-bond donors (Lipinski definition) is 1. The number of hydrogen-bond acceptors (Lipinski definition) is 6. The van der Waals surface area contributed by atoms with E-state index in [0.717, 1.165) is 5.56 Å². The van der Waals surface area contributed by atoms with Gasteiger partial charge in [-0.1, -0.05) is 12.1 Å². The minimum absolute atomic E-state index is 0.0274. The zero-order valence-corrected chi connectivity index (χ0v) is 16.1. The van der Waals surface area contributed by atoms with Crippen LogP contribution < -0.4 is 10.9 Å². The van der Waals surface area contributed by atoms with Gasteiger partial charge in [0.1, 0.15) is 24.1 Å². The summed E-state index contributed by atoms with van der Waals surface area (Å²) in [5.41, 5.74) is 0.604. The second-order valence-electron chi connectivity index (χ2n) is 6.96. The molecule has 0 radical (unpaired) electrons. The zero-order chi connectivity index (χ0) is 20.6. The molecule has 0 spiro atoms. The Kier molecular flexibility index (Phi) is 4.91. The highest BCUT2D eigenvalue weighted by atomic mass is 32.2. The van der Waals surface area contributed by atoms with Crippen LogP contribution >= 0.6 is 0 Å². The maximum absolute atomic E-state index is 12.9. The molecule has 1 aliphatic heterocycles. The number of nitrogens with zero attached hydrogens (tertiary/aromatic N) is 4. The molecule has 1 N–H and O–H groups in total. The highest BCUT2D eigenvalue weighted by Gasteiger charge is 2.31. The van der Waals surface area contributed by atoms with Crippen LogP contribution in [0.2, 0.25) is 0 Å². The molecule has 11 heteroatoms. The Balaban J connectivity index is 1.48. The second kappa shape index (κ2) is 7.39. The molecular formula is C18H18FN5O4S. The lowest BCUT2D eigenvalue weighted by molar-refractivity contribution is -0.121. The van der Waals surface area contributed by atoms with Crippen LogP contribution in [0.25, 0.3) is 11.0 Å². The number of sulfone groups is 1. The Labute approximate surface area is 165 Å². The van der Waals surface area contributed by atoms with Crippen molar-refractivity contribution < 1.29 is 17.6 Å². The molecule has 0 bridgehead atoms. The molecule has 29 heavy (non-hydrogen) atoms. The van der Waals surface area contributed by atoms with Crippen molar-refractivity contribution in [3.8, 4) is 0 Å². The average molecular weight is 419 g/mol. The van der Waals surface area contributed by atoms with Crippen molar-refractivity contribution in [1.29, 1.82) is 0 Å². The first-order valence-electron chi connectivity index (χ1n) is 8.96. The van der Waals surface area contributed by atoms with E-state index in [2.05, 4.69) is 15.4 Å². The largest absolute Gasteiger partial charge is 0.350 e. The van der Waals surface area contributed by atoms with E-state index in [1.54, 1.807) is 12.1 Å². The average Bonchev–Trinajstić information content (AvgIpc) is 3.27. The minimum atomic E-state index is -3.10. The summed E-state index contributed by atoms with van der Waals surface area (Å²) in [4.78, 5) is 29.0. The lowest BCUT2D eigenvalue weighted by Crippen LogP contribution is -2.32. The van der Waals surface area contributed by atoms with Gasteiger partial charge >= 0.3 is 0 Å². The predicted molar refractivity (Wildman–Crippen MR) is 102 cm³/mol. The van der Waals surface area contributed by atoms with Crippen LogP contribution in [0.15, 0.2) is 41.6 Å². The third kappa shape index (κ3) is 4.04. The first-order valence-corrected chi connectivity index (χ1v) is 10.8. The minimum Gasteiger partial charge on any atom is -0.350 e. The summed E-state index contributed by atoms with van der Waals surface area (Å²) in [5.74, 6) is -0.696. The Morgan fingerprint density at radius 3 is 2.72 bits per heavy atom. The van der Waals surface area contributed by atoms with Crippen LogP contribution in [-0.4, -0.2) is 45.2 Å². The molecule has 0 unspecified atom stereocenters. The molecule has 2 aromatic heterocycles. The lowest BCUT2D eigenvalue weighted by atomic mass is 10.2. The smallest absolute Gasteiger partial charge is 0.264 e. The maximum Gasteiger partial charge on any atom is 0.264 e. The number of carbonyl (C=O) groups excluding carboxylic acids is 1. The number of carbonyl (C=O) groups is 1. The first kappa shape index (κ1) is 19.2. The van der Waals surface area contributed by atoms with Crippen molar-refractivity contribution in [2.45, 2.75) is 25.6 Å². The summed E-state index contributed by atoms with van der Waals surface area (Å²) >= 11 is 0. The number of aromatic nitrogens is 4. The third-order valence-corrected chi connectivity index (χ3v) is 6.60. The van der Waals surface area contributed by atoms with E-state index in [-0.39, 0.29) is 41.8 Å². The van der Waals surface area contributed by atoms with Gasteiger partial charge in [-0.25, -0.2) is 22.5 Å². The Bertz CT molecular complexity index is 1230. The van der Waals surface area contributed by atoms with Crippen molar-refractivity contribution in [1.82, 2.24) is 24.6 Å². The third-order valence-electron chi connectivity index (χ3n) is 4.85. The van der Waals surface area contributed by atoms with Crippen molar-refractivity contribution in [2.24, 2.45) is 0 Å². The highest BCUT2D eigenvalue weighted by Crippen LogP contribution is 2.25. The summed E-state index contributed by atoms with van der Waals surface area (Å²) in [7, 11) is -3.10. The highest BCUT2D eigenvalue weighted by molar-refractivity contribution is 7.91.